The maximum atomic E-state index is 6.30. The average molecular weight is 336 g/mol. The third-order valence-electron chi connectivity index (χ3n) is 3.78. The molecule has 20 heavy (non-hydrogen) atoms. The molecule has 1 aliphatic rings. The first-order chi connectivity index (χ1) is 9.74. The van der Waals surface area contributed by atoms with Gasteiger partial charge in [-0.25, -0.2) is 0 Å². The summed E-state index contributed by atoms with van der Waals surface area (Å²) in [5.41, 5.74) is 7.47. The number of nitrogens with zero attached hydrogens (tertiary/aromatic N) is 4. The number of hydrogen-bond donors (Lipinski definition) is 1. The highest BCUT2D eigenvalue weighted by molar-refractivity contribution is 9.10. The van der Waals surface area contributed by atoms with Gasteiger partial charge in [0.15, 0.2) is 0 Å². The molecule has 1 aromatic heterocycles. The molecule has 0 saturated carbocycles. The van der Waals surface area contributed by atoms with Crippen LogP contribution in [0.1, 0.15) is 23.9 Å². The van der Waals surface area contributed by atoms with Crippen LogP contribution < -0.4 is 5.73 Å². The van der Waals surface area contributed by atoms with E-state index in [1.165, 1.54) is 5.56 Å². The van der Waals surface area contributed by atoms with Crippen molar-refractivity contribution >= 4 is 15.9 Å². The topological polar surface area (TPSA) is 60.0 Å². The zero-order chi connectivity index (χ0) is 13.9. The van der Waals surface area contributed by atoms with E-state index in [9.17, 15) is 0 Å². The highest BCUT2D eigenvalue weighted by Crippen LogP contribution is 2.24. The van der Waals surface area contributed by atoms with Gasteiger partial charge in [0.2, 0.25) is 0 Å². The van der Waals surface area contributed by atoms with E-state index in [1.54, 1.807) is 6.33 Å². The molecule has 2 aromatic rings. The van der Waals surface area contributed by atoms with Crippen LogP contribution in [0.2, 0.25) is 0 Å². The van der Waals surface area contributed by atoms with Crippen LogP contribution in [0.4, 0.5) is 0 Å². The van der Waals surface area contributed by atoms with Crippen molar-refractivity contribution in [3.8, 4) is 0 Å². The molecule has 1 aliphatic heterocycles. The molecule has 0 aliphatic carbocycles. The fourth-order valence-corrected chi connectivity index (χ4v) is 3.14. The zero-order valence-corrected chi connectivity index (χ0v) is 12.8. The predicted octanol–water partition coefficient (Wildman–Crippen LogP) is 1.95. The lowest BCUT2D eigenvalue weighted by molar-refractivity contribution is 0.209. The quantitative estimate of drug-likeness (QED) is 0.927. The fourth-order valence-electron chi connectivity index (χ4n) is 2.56. The predicted molar refractivity (Wildman–Crippen MR) is 81.0 cm³/mol. The molecule has 0 amide bonds. The first-order valence-corrected chi connectivity index (χ1v) is 7.62. The van der Waals surface area contributed by atoms with E-state index >= 15 is 0 Å². The zero-order valence-electron chi connectivity index (χ0n) is 11.2. The summed E-state index contributed by atoms with van der Waals surface area (Å²) in [6.45, 7) is 3.85. The molecule has 106 valence electrons. The van der Waals surface area contributed by atoms with Crippen molar-refractivity contribution in [3.63, 3.8) is 0 Å². The molecular formula is C14H18BrN5. The normalized spacial score (nSPS) is 16.9. The van der Waals surface area contributed by atoms with Gasteiger partial charge in [-0.05, 0) is 18.1 Å². The van der Waals surface area contributed by atoms with Crippen LogP contribution in [0.25, 0.3) is 0 Å². The Morgan fingerprint density at radius 1 is 1.30 bits per heavy atom. The molecule has 0 saturated heterocycles. The number of halogens is 1. The monoisotopic (exact) mass is 335 g/mol. The number of rotatable bonds is 4. The van der Waals surface area contributed by atoms with Crippen LogP contribution in [0.5, 0.6) is 0 Å². The minimum atomic E-state index is 0.0605. The van der Waals surface area contributed by atoms with Crippen LogP contribution in [0.15, 0.2) is 35.1 Å². The van der Waals surface area contributed by atoms with Crippen molar-refractivity contribution in [1.29, 1.82) is 0 Å². The van der Waals surface area contributed by atoms with E-state index in [2.05, 4.69) is 41.7 Å². The summed E-state index contributed by atoms with van der Waals surface area (Å²) in [6, 6.07) is 8.23. The number of benzene rings is 1. The van der Waals surface area contributed by atoms with Crippen LogP contribution >= 0.6 is 15.9 Å². The maximum Gasteiger partial charge on any atom is 0.147 e. The minimum absolute atomic E-state index is 0.0605. The van der Waals surface area contributed by atoms with E-state index in [4.69, 9.17) is 5.73 Å². The molecule has 1 unspecified atom stereocenters. The average Bonchev–Trinajstić information content (AvgIpc) is 2.92. The fraction of sp³-hybridized carbons (Fsp3) is 0.429. The second-order valence-electron chi connectivity index (χ2n) is 5.13. The van der Waals surface area contributed by atoms with Gasteiger partial charge in [0.05, 0.1) is 6.54 Å². The molecule has 2 N–H and O–H groups in total. The van der Waals surface area contributed by atoms with Gasteiger partial charge >= 0.3 is 0 Å². The van der Waals surface area contributed by atoms with Gasteiger partial charge in [0, 0.05) is 30.1 Å². The number of nitrogens with two attached hydrogens (primary N) is 1. The van der Waals surface area contributed by atoms with Crippen molar-refractivity contribution < 1.29 is 0 Å². The minimum Gasteiger partial charge on any atom is -0.324 e. The smallest absolute Gasteiger partial charge is 0.147 e. The van der Waals surface area contributed by atoms with Gasteiger partial charge in [0.1, 0.15) is 12.2 Å². The Morgan fingerprint density at radius 3 is 3.00 bits per heavy atom. The van der Waals surface area contributed by atoms with E-state index in [-0.39, 0.29) is 6.04 Å². The van der Waals surface area contributed by atoms with Crippen LogP contribution in [-0.4, -0.2) is 32.8 Å². The van der Waals surface area contributed by atoms with Gasteiger partial charge in [-0.3, -0.25) is 4.90 Å². The molecule has 0 bridgehead atoms. The van der Waals surface area contributed by atoms with E-state index in [0.29, 0.717) is 0 Å². The second kappa shape index (κ2) is 6.03. The second-order valence-corrected chi connectivity index (χ2v) is 5.99. The summed E-state index contributed by atoms with van der Waals surface area (Å²) in [4.78, 5) is 2.39. The van der Waals surface area contributed by atoms with Crippen LogP contribution in [-0.2, 0) is 13.1 Å². The Kier molecular flexibility index (Phi) is 4.14. The summed E-state index contributed by atoms with van der Waals surface area (Å²) in [5.74, 6) is 1.05. The first-order valence-electron chi connectivity index (χ1n) is 6.83. The van der Waals surface area contributed by atoms with Gasteiger partial charge in [-0.1, -0.05) is 34.1 Å². The van der Waals surface area contributed by atoms with Crippen molar-refractivity contribution in [2.24, 2.45) is 5.73 Å². The molecule has 0 fully saturated rings. The number of aromatic nitrogens is 3. The summed E-state index contributed by atoms with van der Waals surface area (Å²) in [5, 5.41) is 8.09. The van der Waals surface area contributed by atoms with E-state index in [1.807, 2.05) is 18.2 Å². The highest BCUT2D eigenvalue weighted by atomic mass is 79.9. The largest absolute Gasteiger partial charge is 0.324 e. The van der Waals surface area contributed by atoms with Gasteiger partial charge in [-0.15, -0.1) is 10.2 Å². The Hall–Kier alpha value is -1.24. The Balaban J connectivity index is 1.57. The highest BCUT2D eigenvalue weighted by Gasteiger charge is 2.18. The molecule has 0 radical (unpaired) electrons. The number of hydrogen-bond acceptors (Lipinski definition) is 4. The Morgan fingerprint density at radius 2 is 2.15 bits per heavy atom. The van der Waals surface area contributed by atoms with Crippen molar-refractivity contribution in [1.82, 2.24) is 19.7 Å². The Bertz CT molecular complexity index is 582. The summed E-state index contributed by atoms with van der Waals surface area (Å²) < 4.78 is 3.20. The van der Waals surface area contributed by atoms with Crippen molar-refractivity contribution in [3.05, 3.63) is 46.5 Å². The lowest BCUT2D eigenvalue weighted by atomic mass is 10.0. The molecule has 5 nitrogen and oxygen atoms in total. The third kappa shape index (κ3) is 2.92. The number of fused-ring (bicyclic) bond motifs is 1. The van der Waals surface area contributed by atoms with Crippen LogP contribution in [0, 0.1) is 0 Å². The molecular weight excluding hydrogens is 318 g/mol. The molecule has 2 heterocycles. The summed E-state index contributed by atoms with van der Waals surface area (Å²) >= 11 is 3.56. The Labute approximate surface area is 126 Å². The van der Waals surface area contributed by atoms with Gasteiger partial charge in [0.25, 0.3) is 0 Å². The third-order valence-corrected chi connectivity index (χ3v) is 4.50. The lowest BCUT2D eigenvalue weighted by Gasteiger charge is -2.28. The molecule has 3 rings (SSSR count). The van der Waals surface area contributed by atoms with E-state index in [0.717, 1.165) is 42.9 Å². The SMILES string of the molecule is NC(CCN1CCn2cnnc2C1)c1ccccc1Br. The molecule has 1 atom stereocenters. The molecule has 1 aromatic carbocycles. The van der Waals surface area contributed by atoms with E-state index < -0.39 is 0 Å². The van der Waals surface area contributed by atoms with Crippen molar-refractivity contribution in [2.45, 2.75) is 25.6 Å². The van der Waals surface area contributed by atoms with Gasteiger partial charge < -0.3 is 10.3 Å². The van der Waals surface area contributed by atoms with Gasteiger partial charge in [-0.2, -0.15) is 0 Å². The lowest BCUT2D eigenvalue weighted by Crippen LogP contribution is -2.35. The summed E-state index contributed by atoms with van der Waals surface area (Å²) in [6.07, 6.45) is 2.75. The summed E-state index contributed by atoms with van der Waals surface area (Å²) in [7, 11) is 0. The standard InChI is InChI=1S/C14H18BrN5/c15-12-4-2-1-3-11(12)13(16)5-6-19-7-8-20-10-17-18-14(20)9-19/h1-4,10,13H,5-9,16H2. The first kappa shape index (κ1) is 13.7. The molecule has 0 spiro atoms. The van der Waals surface area contributed by atoms with Crippen LogP contribution in [0.3, 0.4) is 0 Å². The molecule has 6 heteroatoms. The van der Waals surface area contributed by atoms with Crippen molar-refractivity contribution in [2.75, 3.05) is 13.1 Å². The maximum absolute atomic E-state index is 6.30.